The summed E-state index contributed by atoms with van der Waals surface area (Å²) in [6.45, 7) is 4.09. The number of tetrazole rings is 1. The van der Waals surface area contributed by atoms with Gasteiger partial charge in [-0.1, -0.05) is 12.1 Å². The maximum atomic E-state index is 12.5. The Bertz CT molecular complexity index is 611. The Morgan fingerprint density at radius 3 is 2.86 bits per heavy atom. The third-order valence-electron chi connectivity index (χ3n) is 3.91. The largest absolute Gasteiger partial charge is 0.380 e. The fourth-order valence-electron chi connectivity index (χ4n) is 2.59. The van der Waals surface area contributed by atoms with Crippen molar-refractivity contribution in [1.82, 2.24) is 25.1 Å². The predicted molar refractivity (Wildman–Crippen MR) is 79.5 cm³/mol. The Morgan fingerprint density at radius 1 is 1.32 bits per heavy atom. The van der Waals surface area contributed by atoms with E-state index in [0.717, 1.165) is 24.3 Å². The molecule has 0 aliphatic carbocycles. The molecule has 1 amide bonds. The maximum absolute atomic E-state index is 12.5. The first-order valence-electron chi connectivity index (χ1n) is 7.43. The normalized spacial score (nSPS) is 19.0. The van der Waals surface area contributed by atoms with Crippen LogP contribution in [0.15, 0.2) is 30.6 Å². The molecule has 1 saturated heterocycles. The molecule has 1 aromatic carbocycles. The molecule has 1 aliphatic heterocycles. The number of hydrogen-bond acceptors (Lipinski definition) is 5. The molecule has 0 saturated carbocycles. The lowest BCUT2D eigenvalue weighted by Gasteiger charge is -2.26. The lowest BCUT2D eigenvalue weighted by atomic mass is 10.1. The van der Waals surface area contributed by atoms with E-state index in [-0.39, 0.29) is 11.9 Å². The molecular formula is C15H19N5O2. The van der Waals surface area contributed by atoms with Gasteiger partial charge in [0.15, 0.2) is 0 Å². The maximum Gasteiger partial charge on any atom is 0.227 e. The number of nitrogens with zero attached hydrogens (tertiary/aromatic N) is 5. The number of rotatable bonds is 3. The number of aromatic nitrogens is 4. The van der Waals surface area contributed by atoms with Crippen molar-refractivity contribution in [3.63, 3.8) is 0 Å². The molecule has 1 aromatic heterocycles. The number of carbonyl (C=O) groups excluding carboxylic acids is 1. The molecule has 0 spiro atoms. The molecule has 7 heteroatoms. The zero-order chi connectivity index (χ0) is 15.4. The number of ether oxygens (including phenoxy) is 1. The lowest BCUT2D eigenvalue weighted by Crippen LogP contribution is -2.40. The van der Waals surface area contributed by atoms with Gasteiger partial charge in [0.25, 0.3) is 0 Å². The van der Waals surface area contributed by atoms with Gasteiger partial charge in [-0.05, 0) is 41.5 Å². The summed E-state index contributed by atoms with van der Waals surface area (Å²) in [5.74, 6) is 0.146. The molecule has 1 atom stereocenters. The molecule has 0 bridgehead atoms. The topological polar surface area (TPSA) is 73.1 Å². The first kappa shape index (κ1) is 14.6. The highest BCUT2D eigenvalue weighted by atomic mass is 16.5. The van der Waals surface area contributed by atoms with Crippen LogP contribution in [0.25, 0.3) is 5.69 Å². The third kappa shape index (κ3) is 3.30. The zero-order valence-corrected chi connectivity index (χ0v) is 12.6. The molecule has 1 unspecified atom stereocenters. The highest BCUT2D eigenvalue weighted by Crippen LogP contribution is 2.13. The summed E-state index contributed by atoms with van der Waals surface area (Å²) < 4.78 is 7.02. The smallest absolute Gasteiger partial charge is 0.227 e. The quantitative estimate of drug-likeness (QED) is 0.840. The van der Waals surface area contributed by atoms with E-state index in [1.165, 1.54) is 0 Å². The van der Waals surface area contributed by atoms with Crippen molar-refractivity contribution in [3.8, 4) is 5.69 Å². The second kappa shape index (κ2) is 6.65. The molecule has 2 aromatic rings. The summed E-state index contributed by atoms with van der Waals surface area (Å²) in [7, 11) is 0. The molecule has 116 valence electrons. The van der Waals surface area contributed by atoms with Crippen LogP contribution in [0.4, 0.5) is 0 Å². The zero-order valence-electron chi connectivity index (χ0n) is 12.6. The second-order valence-corrected chi connectivity index (χ2v) is 5.43. The Hall–Kier alpha value is -2.28. The van der Waals surface area contributed by atoms with E-state index in [4.69, 9.17) is 4.74 Å². The minimum atomic E-state index is 0.146. The number of carbonyl (C=O) groups is 1. The second-order valence-electron chi connectivity index (χ2n) is 5.43. The van der Waals surface area contributed by atoms with Gasteiger partial charge < -0.3 is 9.64 Å². The van der Waals surface area contributed by atoms with Crippen molar-refractivity contribution >= 4 is 5.91 Å². The van der Waals surface area contributed by atoms with E-state index in [2.05, 4.69) is 22.4 Å². The van der Waals surface area contributed by atoms with Gasteiger partial charge in [-0.15, -0.1) is 5.10 Å². The average Bonchev–Trinajstić information content (AvgIpc) is 2.97. The molecule has 0 radical (unpaired) electrons. The number of hydrogen-bond donors (Lipinski definition) is 0. The minimum absolute atomic E-state index is 0.146. The van der Waals surface area contributed by atoms with Crippen LogP contribution >= 0.6 is 0 Å². The van der Waals surface area contributed by atoms with Gasteiger partial charge in [-0.2, -0.15) is 0 Å². The Balaban J connectivity index is 1.66. The summed E-state index contributed by atoms with van der Waals surface area (Å²) >= 11 is 0. The van der Waals surface area contributed by atoms with Crippen molar-refractivity contribution < 1.29 is 9.53 Å². The van der Waals surface area contributed by atoms with Gasteiger partial charge in [0.2, 0.25) is 5.91 Å². The van der Waals surface area contributed by atoms with E-state index in [9.17, 15) is 4.79 Å². The molecule has 1 aliphatic rings. The van der Waals surface area contributed by atoms with Crippen LogP contribution in [-0.4, -0.2) is 56.8 Å². The summed E-state index contributed by atoms with van der Waals surface area (Å²) in [6, 6.07) is 7.93. The monoisotopic (exact) mass is 301 g/mol. The summed E-state index contributed by atoms with van der Waals surface area (Å²) in [5.41, 5.74) is 1.86. The minimum Gasteiger partial charge on any atom is -0.380 e. The van der Waals surface area contributed by atoms with Gasteiger partial charge in [0, 0.05) is 19.2 Å². The van der Waals surface area contributed by atoms with Crippen LogP contribution in [0.2, 0.25) is 0 Å². The summed E-state index contributed by atoms with van der Waals surface area (Å²) in [6.07, 6.45) is 2.84. The fraction of sp³-hybridized carbons (Fsp3) is 0.467. The van der Waals surface area contributed by atoms with Crippen LogP contribution in [0.3, 0.4) is 0 Å². The van der Waals surface area contributed by atoms with Crippen LogP contribution in [-0.2, 0) is 16.0 Å². The van der Waals surface area contributed by atoms with Gasteiger partial charge in [0.05, 0.1) is 18.7 Å². The van der Waals surface area contributed by atoms with Crippen molar-refractivity contribution in [2.75, 3.05) is 19.8 Å². The van der Waals surface area contributed by atoms with Gasteiger partial charge in [-0.25, -0.2) is 4.68 Å². The van der Waals surface area contributed by atoms with Crippen molar-refractivity contribution in [2.24, 2.45) is 0 Å². The highest BCUT2D eigenvalue weighted by molar-refractivity contribution is 5.79. The standard InChI is InChI=1S/C15H19N5O2/c1-12-6-8-22-9-7-19(12)15(21)10-13-2-4-14(5-3-13)20-11-16-17-18-20/h2-5,11-12H,6-10H2,1H3. The predicted octanol–water partition coefficient (Wildman–Crippen LogP) is 0.842. The van der Waals surface area contributed by atoms with Gasteiger partial charge >= 0.3 is 0 Å². The summed E-state index contributed by atoms with van der Waals surface area (Å²) in [5, 5.41) is 11.1. The highest BCUT2D eigenvalue weighted by Gasteiger charge is 2.22. The SMILES string of the molecule is CC1CCOCCN1C(=O)Cc1ccc(-n2cnnn2)cc1. The van der Waals surface area contributed by atoms with Crippen molar-refractivity contribution in [1.29, 1.82) is 0 Å². The third-order valence-corrected chi connectivity index (χ3v) is 3.91. The first-order chi connectivity index (χ1) is 10.7. The van der Waals surface area contributed by atoms with E-state index < -0.39 is 0 Å². The molecule has 22 heavy (non-hydrogen) atoms. The van der Waals surface area contributed by atoms with Crippen molar-refractivity contribution in [3.05, 3.63) is 36.2 Å². The average molecular weight is 301 g/mol. The molecule has 7 nitrogen and oxygen atoms in total. The molecule has 2 heterocycles. The van der Waals surface area contributed by atoms with E-state index >= 15 is 0 Å². The lowest BCUT2D eigenvalue weighted by molar-refractivity contribution is -0.132. The van der Waals surface area contributed by atoms with Crippen LogP contribution in [0.1, 0.15) is 18.9 Å². The van der Waals surface area contributed by atoms with E-state index in [0.29, 0.717) is 19.6 Å². The number of benzene rings is 1. The first-order valence-corrected chi connectivity index (χ1v) is 7.43. The Morgan fingerprint density at radius 2 is 2.14 bits per heavy atom. The van der Waals surface area contributed by atoms with Crippen LogP contribution < -0.4 is 0 Å². The molecular weight excluding hydrogens is 282 g/mol. The molecule has 1 fully saturated rings. The molecule has 0 N–H and O–H groups in total. The van der Waals surface area contributed by atoms with Crippen molar-refractivity contribution in [2.45, 2.75) is 25.8 Å². The van der Waals surface area contributed by atoms with E-state index in [1.807, 2.05) is 29.2 Å². The van der Waals surface area contributed by atoms with Crippen LogP contribution in [0, 0.1) is 0 Å². The fourth-order valence-corrected chi connectivity index (χ4v) is 2.59. The summed E-state index contributed by atoms with van der Waals surface area (Å²) in [4.78, 5) is 14.4. The van der Waals surface area contributed by atoms with Crippen LogP contribution in [0.5, 0.6) is 0 Å². The van der Waals surface area contributed by atoms with Gasteiger partial charge in [-0.3, -0.25) is 4.79 Å². The van der Waals surface area contributed by atoms with E-state index in [1.54, 1.807) is 11.0 Å². The molecule has 3 rings (SSSR count). The number of amides is 1. The Kier molecular flexibility index (Phi) is 4.43. The Labute approximate surface area is 128 Å². The van der Waals surface area contributed by atoms with Gasteiger partial charge in [0.1, 0.15) is 6.33 Å².